The lowest BCUT2D eigenvalue weighted by molar-refractivity contribution is 0.609. The van der Waals surface area contributed by atoms with Gasteiger partial charge in [0.25, 0.3) is 0 Å². The first kappa shape index (κ1) is 17.3. The van der Waals surface area contributed by atoms with Crippen LogP contribution in [0.15, 0.2) is 47.1 Å². The van der Waals surface area contributed by atoms with Crippen molar-refractivity contribution >= 4 is 44.1 Å². The fourth-order valence-corrected chi connectivity index (χ4v) is 3.43. The summed E-state index contributed by atoms with van der Waals surface area (Å²) in [5, 5.41) is 4.29. The molecule has 1 aromatic heterocycles. The lowest BCUT2D eigenvalue weighted by atomic mass is 10.0. The highest BCUT2D eigenvalue weighted by molar-refractivity contribution is 9.10. The summed E-state index contributed by atoms with van der Waals surface area (Å²) in [5.74, 6) is 1.06. The van der Waals surface area contributed by atoms with Crippen molar-refractivity contribution in [1.29, 1.82) is 0 Å². The van der Waals surface area contributed by atoms with Crippen LogP contribution >= 0.6 is 27.5 Å². The first-order valence-corrected chi connectivity index (χ1v) is 9.52. The number of hydrogen-bond donors (Lipinski definition) is 1. The highest BCUT2D eigenvalue weighted by atomic mass is 79.9. The summed E-state index contributed by atoms with van der Waals surface area (Å²) in [5.41, 5.74) is 3.19. The molecule has 0 spiro atoms. The van der Waals surface area contributed by atoms with E-state index in [9.17, 15) is 0 Å². The Bertz CT molecular complexity index is 739. The second kappa shape index (κ2) is 7.58. The Morgan fingerprint density at radius 3 is 2.62 bits per heavy atom. The van der Waals surface area contributed by atoms with Gasteiger partial charge < -0.3 is 10.2 Å². The van der Waals surface area contributed by atoms with Crippen LogP contribution in [0.2, 0.25) is 0 Å². The van der Waals surface area contributed by atoms with E-state index in [2.05, 4.69) is 49.3 Å². The maximum Gasteiger partial charge on any atom is 0.128 e. The Hall–Kier alpha value is -1.52. The summed E-state index contributed by atoms with van der Waals surface area (Å²) in [7, 11) is 0. The smallest absolute Gasteiger partial charge is 0.128 e. The van der Waals surface area contributed by atoms with Crippen LogP contribution < -0.4 is 10.2 Å². The second-order valence-electron chi connectivity index (χ2n) is 5.62. The molecule has 1 aromatic carbocycles. The molecular weight excluding hydrogens is 386 g/mol. The zero-order valence-electron chi connectivity index (χ0n) is 13.9. The number of halogens is 2. The first-order chi connectivity index (χ1) is 11.7. The minimum absolute atomic E-state index is 0.0484. The van der Waals surface area contributed by atoms with Gasteiger partial charge in [0, 0.05) is 40.0 Å². The molecule has 1 unspecified atom stereocenters. The van der Waals surface area contributed by atoms with E-state index in [1.165, 1.54) is 6.42 Å². The molecule has 1 atom stereocenters. The molecule has 1 saturated heterocycles. The summed E-state index contributed by atoms with van der Waals surface area (Å²) in [6.07, 6.45) is 5.24. The molecule has 126 valence electrons. The first-order valence-electron chi connectivity index (χ1n) is 8.35. The molecule has 3 nitrogen and oxygen atoms in total. The maximum atomic E-state index is 6.43. The summed E-state index contributed by atoms with van der Waals surface area (Å²) < 4.78 is 1.04. The maximum absolute atomic E-state index is 6.43. The molecule has 0 amide bonds. The molecule has 24 heavy (non-hydrogen) atoms. The predicted octanol–water partition coefficient (Wildman–Crippen LogP) is 5.83. The van der Waals surface area contributed by atoms with E-state index in [-0.39, 0.29) is 6.04 Å². The number of hydrogen-bond acceptors (Lipinski definition) is 3. The van der Waals surface area contributed by atoms with Gasteiger partial charge in [0.15, 0.2) is 0 Å². The van der Waals surface area contributed by atoms with Crippen molar-refractivity contribution in [2.75, 3.05) is 23.3 Å². The topological polar surface area (TPSA) is 28.2 Å². The van der Waals surface area contributed by atoms with E-state index in [0.717, 1.165) is 45.2 Å². The largest absolute Gasteiger partial charge is 0.374 e. The summed E-state index contributed by atoms with van der Waals surface area (Å²) in [6, 6.07) is 10.3. The van der Waals surface area contributed by atoms with Gasteiger partial charge in [-0.15, -0.1) is 0 Å². The van der Waals surface area contributed by atoms with Crippen molar-refractivity contribution in [3.05, 3.63) is 58.2 Å². The third-order valence-corrected chi connectivity index (χ3v) is 5.00. The third-order valence-electron chi connectivity index (χ3n) is 4.17. The highest BCUT2D eigenvalue weighted by Gasteiger charge is 2.20. The van der Waals surface area contributed by atoms with Gasteiger partial charge in [-0.1, -0.05) is 53.5 Å². The molecular formula is C19H21BrClN3. The van der Waals surface area contributed by atoms with Gasteiger partial charge >= 0.3 is 0 Å². The molecule has 5 heteroatoms. The molecule has 2 aliphatic heterocycles. The number of pyridine rings is 1. The minimum Gasteiger partial charge on any atom is -0.374 e. The number of rotatable bonds is 2. The number of benzene rings is 1. The number of nitrogens with zero attached hydrogens (tertiary/aromatic N) is 2. The highest BCUT2D eigenvalue weighted by Crippen LogP contribution is 2.38. The second-order valence-corrected chi connectivity index (χ2v) is 6.94. The monoisotopic (exact) mass is 405 g/mol. The van der Waals surface area contributed by atoms with Crippen LogP contribution in [0.3, 0.4) is 0 Å². The Morgan fingerprint density at radius 2 is 2.00 bits per heavy atom. The lowest BCUT2D eigenvalue weighted by Crippen LogP contribution is -2.37. The van der Waals surface area contributed by atoms with Crippen molar-refractivity contribution in [1.82, 2.24) is 4.98 Å². The van der Waals surface area contributed by atoms with Crippen LogP contribution in [0, 0.1) is 0 Å². The minimum atomic E-state index is 0.0484. The van der Waals surface area contributed by atoms with Crippen LogP contribution in [-0.4, -0.2) is 18.1 Å². The zero-order valence-corrected chi connectivity index (χ0v) is 16.2. The van der Waals surface area contributed by atoms with Gasteiger partial charge in [-0.05, 0) is 36.3 Å². The van der Waals surface area contributed by atoms with Crippen molar-refractivity contribution in [3.63, 3.8) is 0 Å². The number of fused-ring (bicyclic) bond motifs is 1. The Labute approximate surface area is 156 Å². The fourth-order valence-electron chi connectivity index (χ4n) is 2.78. The number of anilines is 2. The molecule has 0 saturated carbocycles. The van der Waals surface area contributed by atoms with E-state index in [1.54, 1.807) is 0 Å². The quantitative estimate of drug-likeness (QED) is 0.680. The zero-order chi connectivity index (χ0) is 17.1. The molecule has 1 fully saturated rings. The van der Waals surface area contributed by atoms with E-state index in [0.29, 0.717) is 0 Å². The van der Waals surface area contributed by atoms with Crippen LogP contribution in [0.5, 0.6) is 0 Å². The van der Waals surface area contributed by atoms with Gasteiger partial charge in [-0.25, -0.2) is 4.98 Å². The van der Waals surface area contributed by atoms with Crippen molar-refractivity contribution in [3.8, 4) is 0 Å². The average molecular weight is 407 g/mol. The Balaban J connectivity index is 0.000000815. The Morgan fingerprint density at radius 1 is 1.21 bits per heavy atom. The SMILES string of the molecule is CC.ClC1=CC(c2ccc(N3CCC3)nc2)Nc2cc(Br)ccc21. The average Bonchev–Trinajstić information content (AvgIpc) is 2.55. The van der Waals surface area contributed by atoms with E-state index in [1.807, 2.05) is 38.3 Å². The van der Waals surface area contributed by atoms with E-state index < -0.39 is 0 Å². The van der Waals surface area contributed by atoms with Crippen molar-refractivity contribution in [2.45, 2.75) is 26.3 Å². The molecule has 2 aromatic rings. The molecule has 4 rings (SSSR count). The predicted molar refractivity (Wildman–Crippen MR) is 107 cm³/mol. The van der Waals surface area contributed by atoms with Gasteiger partial charge in [0.2, 0.25) is 0 Å². The van der Waals surface area contributed by atoms with Crippen molar-refractivity contribution in [2.24, 2.45) is 0 Å². The summed E-state index contributed by atoms with van der Waals surface area (Å²) >= 11 is 9.94. The van der Waals surface area contributed by atoms with E-state index >= 15 is 0 Å². The molecule has 3 heterocycles. The number of aromatic nitrogens is 1. The van der Waals surface area contributed by atoms with Crippen molar-refractivity contribution < 1.29 is 0 Å². The molecule has 1 N–H and O–H groups in total. The molecule has 0 aliphatic carbocycles. The molecule has 2 aliphatic rings. The summed E-state index contributed by atoms with van der Waals surface area (Å²) in [4.78, 5) is 6.86. The van der Waals surface area contributed by atoms with Gasteiger partial charge in [0.05, 0.1) is 6.04 Å². The van der Waals surface area contributed by atoms with Crippen LogP contribution in [0.4, 0.5) is 11.5 Å². The standard InChI is InChI=1S/C17H15BrClN3.C2H6/c18-12-3-4-13-14(19)9-15(21-16(13)8-12)11-2-5-17(20-10-11)22-6-1-7-22;1-2/h2-5,8-10,15,21H,1,6-7H2;1-2H3. The van der Waals surface area contributed by atoms with Crippen LogP contribution in [0.25, 0.3) is 5.03 Å². The molecule has 0 bridgehead atoms. The van der Waals surface area contributed by atoms with Crippen LogP contribution in [-0.2, 0) is 0 Å². The Kier molecular flexibility index (Phi) is 5.47. The van der Waals surface area contributed by atoms with Crippen LogP contribution in [0.1, 0.15) is 37.4 Å². The summed E-state index contributed by atoms with van der Waals surface area (Å²) in [6.45, 7) is 6.22. The fraction of sp³-hybridized carbons (Fsp3) is 0.316. The van der Waals surface area contributed by atoms with Gasteiger partial charge in [-0.2, -0.15) is 0 Å². The number of nitrogens with one attached hydrogen (secondary N) is 1. The van der Waals surface area contributed by atoms with Gasteiger partial charge in [0.1, 0.15) is 5.82 Å². The van der Waals surface area contributed by atoms with E-state index in [4.69, 9.17) is 11.6 Å². The normalized spacial score (nSPS) is 18.4. The third kappa shape index (κ3) is 3.45. The van der Waals surface area contributed by atoms with Gasteiger partial charge in [-0.3, -0.25) is 0 Å². The molecule has 0 radical (unpaired) electrons. The lowest BCUT2D eigenvalue weighted by Gasteiger charge is -2.32.